The first-order valence-electron chi connectivity index (χ1n) is 8.03. The molecule has 0 saturated carbocycles. The molecule has 0 heterocycles. The molecule has 0 bridgehead atoms. The van der Waals surface area contributed by atoms with Crippen molar-refractivity contribution in [2.45, 2.75) is 30.4 Å². The van der Waals surface area contributed by atoms with Crippen LogP contribution in [0.3, 0.4) is 0 Å². The number of hydrogen-bond donors (Lipinski definition) is 0. The van der Waals surface area contributed by atoms with Crippen molar-refractivity contribution >= 4 is 5.78 Å². The fraction of sp³-hybridized carbons (Fsp3) is 0.278. The van der Waals surface area contributed by atoms with E-state index in [-0.39, 0.29) is 5.56 Å². The second-order valence-corrected chi connectivity index (χ2v) is 6.32. The highest BCUT2D eigenvalue weighted by Crippen LogP contribution is 2.61. The van der Waals surface area contributed by atoms with Crippen LogP contribution in [0.25, 0.3) is 0 Å². The third kappa shape index (κ3) is 3.79. The molecule has 0 amide bonds. The van der Waals surface area contributed by atoms with Gasteiger partial charge in [0.2, 0.25) is 0 Å². The number of ketones is 1. The predicted octanol–water partition coefficient (Wildman–Crippen LogP) is 6.59. The van der Waals surface area contributed by atoms with Crippen molar-refractivity contribution in [3.63, 3.8) is 0 Å². The summed E-state index contributed by atoms with van der Waals surface area (Å²) < 4.78 is 175. The topological polar surface area (TPSA) is 17.1 Å². The van der Waals surface area contributed by atoms with E-state index in [9.17, 15) is 61.9 Å². The molecule has 0 atom stereocenters. The Hall–Kier alpha value is -2.80. The standard InChI is InChI=1S/C18H7F13O/c19-11-8(6-9(32)7-4-2-1-3-5-7)12(20)14(22)10(13(11)21)15(16(23,24)25,17(26,27)28)18(29,30)31/h1-5H,6H2. The van der Waals surface area contributed by atoms with E-state index < -0.39 is 70.5 Å². The number of rotatable bonds is 4. The summed E-state index contributed by atoms with van der Waals surface area (Å²) in [6.07, 6.45) is -24.2. The van der Waals surface area contributed by atoms with Crippen molar-refractivity contribution in [2.24, 2.45) is 0 Å². The van der Waals surface area contributed by atoms with Crippen molar-refractivity contribution < 1.29 is 61.9 Å². The minimum Gasteiger partial charge on any atom is -0.294 e. The van der Waals surface area contributed by atoms with Gasteiger partial charge in [0, 0.05) is 17.5 Å². The third-order valence-corrected chi connectivity index (χ3v) is 4.44. The lowest BCUT2D eigenvalue weighted by Gasteiger charge is -2.39. The van der Waals surface area contributed by atoms with Crippen LogP contribution < -0.4 is 0 Å². The van der Waals surface area contributed by atoms with Crippen LogP contribution in [0.1, 0.15) is 21.5 Å². The van der Waals surface area contributed by atoms with Crippen LogP contribution >= 0.6 is 0 Å². The van der Waals surface area contributed by atoms with Gasteiger partial charge in [-0.1, -0.05) is 30.3 Å². The lowest BCUT2D eigenvalue weighted by molar-refractivity contribution is -0.388. The van der Waals surface area contributed by atoms with E-state index >= 15 is 0 Å². The summed E-state index contributed by atoms with van der Waals surface area (Å²) in [6, 6.07) is 5.92. The number of carbonyl (C=O) groups excluding carboxylic acids is 1. The molecule has 0 radical (unpaired) electrons. The average Bonchev–Trinajstić information content (AvgIpc) is 2.64. The first kappa shape index (κ1) is 25.5. The molecule has 0 aliphatic heterocycles. The second-order valence-electron chi connectivity index (χ2n) is 6.32. The molecule has 0 saturated heterocycles. The predicted molar refractivity (Wildman–Crippen MR) is 80.6 cm³/mol. The highest BCUT2D eigenvalue weighted by molar-refractivity contribution is 5.97. The molecular formula is C18H7F13O. The quantitative estimate of drug-likeness (QED) is 0.271. The SMILES string of the molecule is O=C(Cc1c(F)c(F)c(C(C(F)(F)F)(C(F)(F)F)C(F)(F)F)c(F)c1F)c1ccccc1. The van der Waals surface area contributed by atoms with Crippen LogP contribution in [0.5, 0.6) is 0 Å². The number of Topliss-reactive ketones (excluding diaryl/α,β-unsaturated/α-hetero) is 1. The van der Waals surface area contributed by atoms with E-state index in [0.29, 0.717) is 0 Å². The maximum Gasteiger partial charge on any atom is 0.416 e. The maximum atomic E-state index is 14.2. The lowest BCUT2D eigenvalue weighted by atomic mass is 9.76. The zero-order valence-corrected chi connectivity index (χ0v) is 14.9. The normalized spacial score (nSPS) is 13.4. The fourth-order valence-corrected chi connectivity index (χ4v) is 2.96. The van der Waals surface area contributed by atoms with Gasteiger partial charge in [-0.25, -0.2) is 17.6 Å². The molecule has 14 heteroatoms. The van der Waals surface area contributed by atoms with E-state index in [0.717, 1.165) is 12.1 Å². The van der Waals surface area contributed by atoms with Crippen molar-refractivity contribution in [3.8, 4) is 0 Å². The van der Waals surface area contributed by atoms with Crippen LogP contribution in [-0.2, 0) is 11.8 Å². The molecule has 0 unspecified atom stereocenters. The number of carbonyl (C=O) groups is 1. The van der Waals surface area contributed by atoms with Gasteiger partial charge in [0.1, 0.15) is 0 Å². The van der Waals surface area contributed by atoms with Gasteiger partial charge in [0.05, 0.1) is 5.56 Å². The molecular weight excluding hydrogens is 479 g/mol. The van der Waals surface area contributed by atoms with E-state index in [1.54, 1.807) is 0 Å². The summed E-state index contributed by atoms with van der Waals surface area (Å²) in [7, 11) is 0. The molecule has 0 spiro atoms. The molecule has 32 heavy (non-hydrogen) atoms. The van der Waals surface area contributed by atoms with Crippen LogP contribution in [-0.4, -0.2) is 24.3 Å². The van der Waals surface area contributed by atoms with Gasteiger partial charge >= 0.3 is 18.5 Å². The molecule has 0 N–H and O–H groups in total. The Balaban J connectivity index is 2.88. The van der Waals surface area contributed by atoms with E-state index in [1.807, 2.05) is 0 Å². The first-order chi connectivity index (χ1) is 14.4. The number of alkyl halides is 9. The smallest absolute Gasteiger partial charge is 0.294 e. The van der Waals surface area contributed by atoms with E-state index in [4.69, 9.17) is 0 Å². The number of halogens is 13. The fourth-order valence-electron chi connectivity index (χ4n) is 2.96. The monoisotopic (exact) mass is 486 g/mol. The average molecular weight is 486 g/mol. The third-order valence-electron chi connectivity index (χ3n) is 4.44. The van der Waals surface area contributed by atoms with Gasteiger partial charge in [0.15, 0.2) is 29.1 Å². The number of benzene rings is 2. The lowest BCUT2D eigenvalue weighted by Crippen LogP contribution is -2.64. The van der Waals surface area contributed by atoms with Crippen molar-refractivity contribution in [1.82, 2.24) is 0 Å². The van der Waals surface area contributed by atoms with Crippen molar-refractivity contribution in [1.29, 1.82) is 0 Å². The molecule has 0 aliphatic rings. The summed E-state index contributed by atoms with van der Waals surface area (Å²) in [5, 5.41) is 0. The summed E-state index contributed by atoms with van der Waals surface area (Å²) in [5.74, 6) is -14.5. The molecule has 2 rings (SSSR count). The second kappa shape index (κ2) is 7.96. The highest BCUT2D eigenvalue weighted by atomic mass is 19.4. The molecule has 176 valence electrons. The Bertz CT molecular complexity index is 951. The number of hydrogen-bond acceptors (Lipinski definition) is 1. The van der Waals surface area contributed by atoms with Gasteiger partial charge in [-0.2, -0.15) is 39.5 Å². The van der Waals surface area contributed by atoms with E-state index in [1.165, 1.54) is 18.2 Å². The Labute approximate surface area is 169 Å². The Morgan fingerprint density at radius 1 is 0.625 bits per heavy atom. The summed E-state index contributed by atoms with van der Waals surface area (Å²) in [4.78, 5) is 12.0. The maximum absolute atomic E-state index is 14.2. The van der Waals surface area contributed by atoms with Crippen molar-refractivity contribution in [2.75, 3.05) is 0 Å². The summed E-state index contributed by atoms with van der Waals surface area (Å²) in [5.41, 5.74) is -13.6. The first-order valence-corrected chi connectivity index (χ1v) is 8.03. The zero-order valence-electron chi connectivity index (χ0n) is 14.9. The molecule has 0 aromatic heterocycles. The van der Waals surface area contributed by atoms with Gasteiger partial charge in [0.25, 0.3) is 5.41 Å². The van der Waals surface area contributed by atoms with Gasteiger partial charge in [-0.3, -0.25) is 4.79 Å². The van der Waals surface area contributed by atoms with Crippen LogP contribution in [0.15, 0.2) is 30.3 Å². The molecule has 0 aliphatic carbocycles. The van der Waals surface area contributed by atoms with Gasteiger partial charge < -0.3 is 0 Å². The Morgan fingerprint density at radius 2 is 1.00 bits per heavy atom. The Morgan fingerprint density at radius 3 is 1.34 bits per heavy atom. The van der Waals surface area contributed by atoms with Gasteiger partial charge in [-0.05, 0) is 0 Å². The minimum absolute atomic E-state index is 0.327. The zero-order chi connectivity index (χ0) is 24.9. The largest absolute Gasteiger partial charge is 0.416 e. The molecule has 1 nitrogen and oxygen atoms in total. The molecule has 0 fully saturated rings. The van der Waals surface area contributed by atoms with E-state index in [2.05, 4.69) is 0 Å². The van der Waals surface area contributed by atoms with Crippen LogP contribution in [0.2, 0.25) is 0 Å². The summed E-state index contributed by atoms with van der Waals surface area (Å²) in [6.45, 7) is 0. The van der Waals surface area contributed by atoms with Crippen LogP contribution in [0, 0.1) is 23.3 Å². The van der Waals surface area contributed by atoms with Gasteiger partial charge in [-0.15, -0.1) is 0 Å². The Kier molecular flexibility index (Phi) is 6.33. The highest BCUT2D eigenvalue weighted by Gasteiger charge is 2.86. The van der Waals surface area contributed by atoms with Crippen LogP contribution in [0.4, 0.5) is 57.1 Å². The molecule has 2 aromatic rings. The molecule has 2 aromatic carbocycles. The van der Waals surface area contributed by atoms with Crippen molar-refractivity contribution in [3.05, 3.63) is 70.3 Å². The summed E-state index contributed by atoms with van der Waals surface area (Å²) >= 11 is 0. The minimum atomic E-state index is -7.52.